The molecule has 23 heavy (non-hydrogen) atoms. The Hall–Kier alpha value is -1.74. The monoisotopic (exact) mass is 403 g/mol. The molecule has 5 nitrogen and oxygen atoms in total. The lowest BCUT2D eigenvalue weighted by Gasteiger charge is -2.19. The van der Waals surface area contributed by atoms with E-state index < -0.39 is 23.6 Å². The third-order valence-electron chi connectivity index (χ3n) is 3.01. The molecular formula is C14H12BrF2N3O2S. The fraction of sp³-hybridized carbons (Fsp3) is 0.214. The molecule has 0 bridgehead atoms. The van der Waals surface area contributed by atoms with Gasteiger partial charge in [0.1, 0.15) is 11.6 Å². The Morgan fingerprint density at radius 3 is 2.61 bits per heavy atom. The van der Waals surface area contributed by atoms with E-state index in [4.69, 9.17) is 5.11 Å². The van der Waals surface area contributed by atoms with Crippen LogP contribution >= 0.6 is 27.7 Å². The highest BCUT2D eigenvalue weighted by atomic mass is 79.9. The zero-order chi connectivity index (χ0) is 17.0. The molecular weight excluding hydrogens is 392 g/mol. The summed E-state index contributed by atoms with van der Waals surface area (Å²) in [6.07, 6.45) is 2.08. The molecule has 1 atom stereocenters. The van der Waals surface area contributed by atoms with Gasteiger partial charge in [0.2, 0.25) is 0 Å². The molecule has 0 spiro atoms. The molecule has 0 aliphatic rings. The summed E-state index contributed by atoms with van der Waals surface area (Å²) in [4.78, 5) is 19.2. The van der Waals surface area contributed by atoms with E-state index in [0.29, 0.717) is 15.3 Å². The van der Waals surface area contributed by atoms with Crippen LogP contribution in [-0.2, 0) is 0 Å². The second-order valence-corrected chi connectivity index (χ2v) is 6.16. The van der Waals surface area contributed by atoms with Gasteiger partial charge >= 0.3 is 6.09 Å². The Bertz CT molecular complexity index is 713. The molecule has 2 rings (SSSR count). The summed E-state index contributed by atoms with van der Waals surface area (Å²) >= 11 is 4.61. The van der Waals surface area contributed by atoms with Crippen LogP contribution in [0, 0.1) is 11.6 Å². The molecule has 1 aromatic heterocycles. The molecule has 0 saturated carbocycles. The van der Waals surface area contributed by atoms with Crippen molar-refractivity contribution in [2.45, 2.75) is 11.1 Å². The van der Waals surface area contributed by atoms with E-state index in [1.165, 1.54) is 18.0 Å². The van der Waals surface area contributed by atoms with Gasteiger partial charge in [0.25, 0.3) is 0 Å². The fourth-order valence-corrected chi connectivity index (χ4v) is 2.86. The van der Waals surface area contributed by atoms with E-state index in [-0.39, 0.29) is 12.1 Å². The molecule has 0 aliphatic carbocycles. The van der Waals surface area contributed by atoms with Crippen LogP contribution in [0.15, 0.2) is 34.0 Å². The molecule has 122 valence electrons. The van der Waals surface area contributed by atoms with Gasteiger partial charge in [-0.3, -0.25) is 0 Å². The average Bonchev–Trinajstić information content (AvgIpc) is 2.48. The van der Waals surface area contributed by atoms with Gasteiger partial charge in [0.15, 0.2) is 5.16 Å². The van der Waals surface area contributed by atoms with Gasteiger partial charge in [-0.15, -0.1) is 0 Å². The van der Waals surface area contributed by atoms with E-state index in [1.807, 2.05) is 0 Å². The second kappa shape index (κ2) is 7.69. The summed E-state index contributed by atoms with van der Waals surface area (Å²) in [5.41, 5.74) is 0.728. The first-order valence-electron chi connectivity index (χ1n) is 6.40. The summed E-state index contributed by atoms with van der Waals surface area (Å²) < 4.78 is 27.6. The SMILES string of the molecule is CSc1ncc(Br)c(C(CNC(=O)O)c2cc(F)cc(F)c2)n1. The minimum absolute atomic E-state index is 0.0817. The van der Waals surface area contributed by atoms with Crippen LogP contribution < -0.4 is 5.32 Å². The number of nitrogens with zero attached hydrogens (tertiary/aromatic N) is 2. The van der Waals surface area contributed by atoms with Crippen molar-refractivity contribution in [2.24, 2.45) is 0 Å². The van der Waals surface area contributed by atoms with Crippen LogP contribution in [0.1, 0.15) is 17.2 Å². The number of nitrogens with one attached hydrogen (secondary N) is 1. The molecule has 1 unspecified atom stereocenters. The summed E-state index contributed by atoms with van der Waals surface area (Å²) in [6.45, 7) is -0.0817. The van der Waals surface area contributed by atoms with E-state index >= 15 is 0 Å². The number of benzene rings is 1. The lowest BCUT2D eigenvalue weighted by molar-refractivity contribution is 0.194. The topological polar surface area (TPSA) is 75.1 Å². The van der Waals surface area contributed by atoms with Crippen molar-refractivity contribution in [3.8, 4) is 0 Å². The van der Waals surface area contributed by atoms with Crippen molar-refractivity contribution in [3.05, 3.63) is 51.8 Å². The second-order valence-electron chi connectivity index (χ2n) is 4.53. The maximum absolute atomic E-state index is 13.5. The highest BCUT2D eigenvalue weighted by molar-refractivity contribution is 9.10. The molecule has 1 aromatic carbocycles. The summed E-state index contributed by atoms with van der Waals surface area (Å²) in [6, 6.07) is 3.07. The first-order valence-corrected chi connectivity index (χ1v) is 8.41. The molecule has 1 heterocycles. The van der Waals surface area contributed by atoms with Crippen LogP contribution in [0.25, 0.3) is 0 Å². The smallest absolute Gasteiger partial charge is 0.404 e. The first kappa shape index (κ1) is 17.6. The zero-order valence-electron chi connectivity index (χ0n) is 11.9. The van der Waals surface area contributed by atoms with Crippen molar-refractivity contribution in [1.82, 2.24) is 15.3 Å². The lowest BCUT2D eigenvalue weighted by Crippen LogP contribution is -2.28. The van der Waals surface area contributed by atoms with Gasteiger partial charge in [-0.25, -0.2) is 23.5 Å². The van der Waals surface area contributed by atoms with Gasteiger partial charge < -0.3 is 10.4 Å². The molecule has 0 radical (unpaired) electrons. The molecule has 2 N–H and O–H groups in total. The maximum Gasteiger partial charge on any atom is 0.404 e. The quantitative estimate of drug-likeness (QED) is 0.588. The maximum atomic E-state index is 13.5. The number of carboxylic acid groups (broad SMARTS) is 1. The Kier molecular flexibility index (Phi) is 5.89. The highest BCUT2D eigenvalue weighted by Gasteiger charge is 2.22. The Morgan fingerprint density at radius 1 is 1.39 bits per heavy atom. The number of hydrogen-bond acceptors (Lipinski definition) is 4. The number of halogens is 3. The first-order chi connectivity index (χ1) is 10.9. The van der Waals surface area contributed by atoms with Gasteiger partial charge in [0, 0.05) is 24.7 Å². The van der Waals surface area contributed by atoms with Crippen LogP contribution in [0.2, 0.25) is 0 Å². The number of thioether (sulfide) groups is 1. The van der Waals surface area contributed by atoms with Gasteiger partial charge in [-0.2, -0.15) is 0 Å². The summed E-state index contributed by atoms with van der Waals surface area (Å²) in [7, 11) is 0. The minimum Gasteiger partial charge on any atom is -0.465 e. The summed E-state index contributed by atoms with van der Waals surface area (Å²) in [5.74, 6) is -2.15. The molecule has 9 heteroatoms. The molecule has 0 fully saturated rings. The van der Waals surface area contributed by atoms with Crippen molar-refractivity contribution in [1.29, 1.82) is 0 Å². The lowest BCUT2D eigenvalue weighted by atomic mass is 9.95. The Labute approximate surface area is 143 Å². The molecule has 2 aromatic rings. The predicted molar refractivity (Wildman–Crippen MR) is 85.7 cm³/mol. The van der Waals surface area contributed by atoms with Gasteiger partial charge in [0.05, 0.1) is 10.2 Å². The van der Waals surface area contributed by atoms with Crippen molar-refractivity contribution >= 4 is 33.8 Å². The number of amides is 1. The van der Waals surface area contributed by atoms with Crippen LogP contribution in [0.3, 0.4) is 0 Å². The molecule has 0 aliphatic heterocycles. The van der Waals surface area contributed by atoms with Crippen LogP contribution in [0.5, 0.6) is 0 Å². The number of hydrogen-bond donors (Lipinski definition) is 2. The average molecular weight is 404 g/mol. The van der Waals surface area contributed by atoms with E-state index in [0.717, 1.165) is 18.2 Å². The number of carbonyl (C=O) groups is 1. The Balaban J connectivity index is 2.51. The molecule has 0 saturated heterocycles. The van der Waals surface area contributed by atoms with Crippen molar-refractivity contribution < 1.29 is 18.7 Å². The molecule has 1 amide bonds. The van der Waals surface area contributed by atoms with E-state index in [2.05, 4.69) is 31.2 Å². The zero-order valence-corrected chi connectivity index (χ0v) is 14.3. The number of aromatic nitrogens is 2. The largest absolute Gasteiger partial charge is 0.465 e. The standard InChI is InChI=1S/C14H12BrF2N3O2S/c1-23-13-18-6-11(15)12(20-13)10(5-19-14(21)22)7-2-8(16)4-9(17)3-7/h2-4,6,10,19H,5H2,1H3,(H,21,22). The normalized spacial score (nSPS) is 12.0. The Morgan fingerprint density at radius 2 is 2.04 bits per heavy atom. The van der Waals surface area contributed by atoms with Crippen LogP contribution in [-0.4, -0.2) is 34.0 Å². The van der Waals surface area contributed by atoms with Crippen LogP contribution in [0.4, 0.5) is 13.6 Å². The van der Waals surface area contributed by atoms with Crippen molar-refractivity contribution in [2.75, 3.05) is 12.8 Å². The summed E-state index contributed by atoms with van der Waals surface area (Å²) in [5, 5.41) is 11.5. The third kappa shape index (κ3) is 4.61. The number of rotatable bonds is 5. The van der Waals surface area contributed by atoms with E-state index in [9.17, 15) is 13.6 Å². The van der Waals surface area contributed by atoms with E-state index in [1.54, 1.807) is 6.26 Å². The minimum atomic E-state index is -1.23. The predicted octanol–water partition coefficient (Wildman–Crippen LogP) is 3.64. The van der Waals surface area contributed by atoms with Crippen molar-refractivity contribution in [3.63, 3.8) is 0 Å². The fourth-order valence-electron chi connectivity index (χ4n) is 2.04. The third-order valence-corrected chi connectivity index (χ3v) is 4.18. The van der Waals surface area contributed by atoms with Gasteiger partial charge in [-0.1, -0.05) is 11.8 Å². The highest BCUT2D eigenvalue weighted by Crippen LogP contribution is 2.30. The van der Waals surface area contributed by atoms with Gasteiger partial charge in [-0.05, 0) is 39.9 Å².